The molecular weight excluding hydrogens is 438 g/mol. The Morgan fingerprint density at radius 1 is 0.879 bits per heavy atom. The van der Waals surface area contributed by atoms with Gasteiger partial charge in [0.1, 0.15) is 0 Å². The summed E-state index contributed by atoms with van der Waals surface area (Å²) in [5.74, 6) is 1.35. The number of ether oxygens (including phenoxy) is 1. The molecular formula is C24H22ClN7O. The molecule has 1 aliphatic rings. The van der Waals surface area contributed by atoms with Gasteiger partial charge in [-0.25, -0.2) is 5.43 Å². The van der Waals surface area contributed by atoms with Gasteiger partial charge in [0.2, 0.25) is 17.8 Å². The van der Waals surface area contributed by atoms with E-state index in [0.29, 0.717) is 49.2 Å². The van der Waals surface area contributed by atoms with Gasteiger partial charge in [-0.2, -0.15) is 20.1 Å². The molecule has 0 unspecified atom stereocenters. The molecule has 0 radical (unpaired) electrons. The summed E-state index contributed by atoms with van der Waals surface area (Å²) in [4.78, 5) is 15.8. The van der Waals surface area contributed by atoms with Gasteiger partial charge < -0.3 is 15.0 Å². The molecule has 0 spiro atoms. The van der Waals surface area contributed by atoms with Crippen LogP contribution in [0.1, 0.15) is 5.56 Å². The summed E-state index contributed by atoms with van der Waals surface area (Å²) >= 11 is 5.94. The Morgan fingerprint density at radius 2 is 1.64 bits per heavy atom. The van der Waals surface area contributed by atoms with Gasteiger partial charge in [0.25, 0.3) is 0 Å². The minimum atomic E-state index is 0.347. The third-order valence-electron chi connectivity index (χ3n) is 5.17. The zero-order valence-electron chi connectivity index (χ0n) is 17.8. The summed E-state index contributed by atoms with van der Waals surface area (Å²) < 4.78 is 5.46. The second kappa shape index (κ2) is 9.81. The molecule has 8 nitrogen and oxygen atoms in total. The van der Waals surface area contributed by atoms with E-state index in [1.165, 1.54) is 5.39 Å². The minimum Gasteiger partial charge on any atom is -0.378 e. The molecule has 166 valence electrons. The molecule has 3 aromatic carbocycles. The number of nitrogens with one attached hydrogen (secondary N) is 2. The molecule has 33 heavy (non-hydrogen) atoms. The molecule has 4 aromatic rings. The third-order valence-corrected chi connectivity index (χ3v) is 5.42. The first-order chi connectivity index (χ1) is 16.2. The number of aromatic nitrogens is 3. The maximum Gasteiger partial charge on any atom is 0.250 e. The predicted molar refractivity (Wildman–Crippen MR) is 133 cm³/mol. The van der Waals surface area contributed by atoms with Crippen molar-refractivity contribution in [1.82, 2.24) is 15.0 Å². The van der Waals surface area contributed by atoms with Crippen LogP contribution in [-0.4, -0.2) is 47.5 Å². The molecule has 0 aliphatic carbocycles. The van der Waals surface area contributed by atoms with Crippen LogP contribution in [0.3, 0.4) is 0 Å². The van der Waals surface area contributed by atoms with Crippen LogP contribution in [0, 0.1) is 0 Å². The van der Waals surface area contributed by atoms with E-state index in [0.717, 1.165) is 16.6 Å². The topological polar surface area (TPSA) is 87.6 Å². The highest BCUT2D eigenvalue weighted by atomic mass is 35.5. The lowest BCUT2D eigenvalue weighted by molar-refractivity contribution is 0.122. The van der Waals surface area contributed by atoms with Gasteiger partial charge in [-0.15, -0.1) is 0 Å². The maximum atomic E-state index is 5.94. The van der Waals surface area contributed by atoms with Crippen molar-refractivity contribution in [3.05, 3.63) is 77.3 Å². The summed E-state index contributed by atoms with van der Waals surface area (Å²) in [7, 11) is 0. The van der Waals surface area contributed by atoms with Gasteiger partial charge in [-0.1, -0.05) is 54.1 Å². The number of nitrogens with zero attached hydrogens (tertiary/aromatic N) is 5. The van der Waals surface area contributed by atoms with Crippen molar-refractivity contribution in [2.24, 2.45) is 5.10 Å². The summed E-state index contributed by atoms with van der Waals surface area (Å²) in [6, 6.07) is 21.7. The number of anilines is 4. The summed E-state index contributed by atoms with van der Waals surface area (Å²) in [6.07, 6.45) is 1.69. The molecule has 0 atom stereocenters. The molecule has 0 saturated carbocycles. The highest BCUT2D eigenvalue weighted by Gasteiger charge is 2.16. The molecule has 1 saturated heterocycles. The average molecular weight is 460 g/mol. The Hall–Kier alpha value is -3.75. The number of morpholine rings is 1. The molecule has 1 fully saturated rings. The van der Waals surface area contributed by atoms with E-state index in [2.05, 4.69) is 60.0 Å². The van der Waals surface area contributed by atoms with Crippen LogP contribution in [0.2, 0.25) is 5.02 Å². The monoisotopic (exact) mass is 459 g/mol. The smallest absolute Gasteiger partial charge is 0.250 e. The van der Waals surface area contributed by atoms with Crippen LogP contribution in [0.15, 0.2) is 71.8 Å². The molecule has 0 amide bonds. The fourth-order valence-corrected chi connectivity index (χ4v) is 3.61. The quantitative estimate of drug-likeness (QED) is 0.319. The van der Waals surface area contributed by atoms with Gasteiger partial charge >= 0.3 is 0 Å². The number of hydrazone groups is 1. The number of halogens is 1. The van der Waals surface area contributed by atoms with Gasteiger partial charge in [-0.05, 0) is 40.6 Å². The van der Waals surface area contributed by atoms with Gasteiger partial charge in [0.15, 0.2) is 0 Å². The van der Waals surface area contributed by atoms with E-state index in [9.17, 15) is 0 Å². The molecule has 5 rings (SSSR count). The van der Waals surface area contributed by atoms with Crippen LogP contribution >= 0.6 is 11.6 Å². The molecule has 2 N–H and O–H groups in total. The van der Waals surface area contributed by atoms with Crippen molar-refractivity contribution in [3.63, 3.8) is 0 Å². The van der Waals surface area contributed by atoms with Crippen molar-refractivity contribution in [2.75, 3.05) is 41.9 Å². The Bertz CT molecular complexity index is 1270. The number of hydrogen-bond donors (Lipinski definition) is 2. The Morgan fingerprint density at radius 3 is 2.45 bits per heavy atom. The minimum absolute atomic E-state index is 0.347. The lowest BCUT2D eigenvalue weighted by Crippen LogP contribution is -2.37. The van der Waals surface area contributed by atoms with E-state index in [4.69, 9.17) is 16.3 Å². The fraction of sp³-hybridized carbons (Fsp3) is 0.167. The zero-order valence-corrected chi connectivity index (χ0v) is 18.5. The van der Waals surface area contributed by atoms with Gasteiger partial charge in [-0.3, -0.25) is 0 Å². The Labute approximate surface area is 196 Å². The van der Waals surface area contributed by atoms with Crippen LogP contribution in [0.4, 0.5) is 23.5 Å². The standard InChI is InChI=1S/C24H22ClN7O/c25-20-8-5-17(6-9-20)16-26-31-23-28-22(29-24(30-23)32-11-13-33-14-12-32)27-21-10-7-18-3-1-2-4-19(18)15-21/h1-10,15-16H,11-14H2,(H2,27,28,29,30,31)/b26-16+. The predicted octanol–water partition coefficient (Wildman–Crippen LogP) is 4.70. The number of fused-ring (bicyclic) bond motifs is 1. The molecule has 0 bridgehead atoms. The number of hydrogen-bond acceptors (Lipinski definition) is 8. The molecule has 9 heteroatoms. The van der Waals surface area contributed by atoms with Crippen molar-refractivity contribution in [1.29, 1.82) is 0 Å². The van der Waals surface area contributed by atoms with E-state index >= 15 is 0 Å². The second-order valence-electron chi connectivity index (χ2n) is 7.49. The molecule has 1 aliphatic heterocycles. The maximum absolute atomic E-state index is 5.94. The van der Waals surface area contributed by atoms with Crippen molar-refractivity contribution < 1.29 is 4.74 Å². The lowest BCUT2D eigenvalue weighted by atomic mass is 10.1. The van der Waals surface area contributed by atoms with Crippen molar-refractivity contribution >= 4 is 52.1 Å². The van der Waals surface area contributed by atoms with Crippen molar-refractivity contribution in [2.45, 2.75) is 0 Å². The first-order valence-corrected chi connectivity index (χ1v) is 11.0. The van der Waals surface area contributed by atoms with Crippen LogP contribution in [-0.2, 0) is 4.74 Å². The van der Waals surface area contributed by atoms with Crippen LogP contribution in [0.25, 0.3) is 10.8 Å². The van der Waals surface area contributed by atoms with E-state index < -0.39 is 0 Å². The summed E-state index contributed by atoms with van der Waals surface area (Å²) in [5.41, 5.74) is 4.72. The second-order valence-corrected chi connectivity index (χ2v) is 7.93. The highest BCUT2D eigenvalue weighted by Crippen LogP contribution is 2.23. The van der Waals surface area contributed by atoms with E-state index in [-0.39, 0.29) is 0 Å². The van der Waals surface area contributed by atoms with Gasteiger partial charge in [0.05, 0.1) is 19.4 Å². The van der Waals surface area contributed by atoms with E-state index in [1.54, 1.807) is 6.21 Å². The normalized spacial score (nSPS) is 14.0. The fourth-order valence-electron chi connectivity index (χ4n) is 3.48. The van der Waals surface area contributed by atoms with Crippen LogP contribution < -0.4 is 15.6 Å². The largest absolute Gasteiger partial charge is 0.378 e. The zero-order chi connectivity index (χ0) is 22.5. The SMILES string of the molecule is Clc1ccc(/C=N/Nc2nc(Nc3ccc4ccccc4c3)nc(N3CCOCC3)n2)cc1. The summed E-state index contributed by atoms with van der Waals surface area (Å²) in [6.45, 7) is 2.70. The molecule has 1 aromatic heterocycles. The highest BCUT2D eigenvalue weighted by molar-refractivity contribution is 6.30. The molecule has 2 heterocycles. The number of rotatable bonds is 6. The Kier molecular flexibility index (Phi) is 6.27. The summed E-state index contributed by atoms with van der Waals surface area (Å²) in [5, 5.41) is 10.6. The van der Waals surface area contributed by atoms with E-state index in [1.807, 2.05) is 42.5 Å². The first-order valence-electron chi connectivity index (χ1n) is 10.6. The van der Waals surface area contributed by atoms with Gasteiger partial charge in [0, 0.05) is 23.8 Å². The third kappa shape index (κ3) is 5.36. The lowest BCUT2D eigenvalue weighted by Gasteiger charge is -2.27. The van der Waals surface area contributed by atoms with Crippen LogP contribution in [0.5, 0.6) is 0 Å². The Balaban J connectivity index is 1.40. The number of benzene rings is 3. The first kappa shape index (κ1) is 21.1. The van der Waals surface area contributed by atoms with Crippen molar-refractivity contribution in [3.8, 4) is 0 Å². The average Bonchev–Trinajstić information content (AvgIpc) is 2.86.